The molecule has 0 aromatic heterocycles. The first kappa shape index (κ1) is 13.0. The summed E-state index contributed by atoms with van der Waals surface area (Å²) in [5.41, 5.74) is 2.78. The lowest BCUT2D eigenvalue weighted by atomic mass is 10.1. The Balaban J connectivity index is 0.00000128. The molecule has 0 N–H and O–H groups in total. The van der Waals surface area contributed by atoms with Crippen molar-refractivity contribution in [1.29, 1.82) is 0 Å². The summed E-state index contributed by atoms with van der Waals surface area (Å²) >= 11 is 0. The molecule has 0 radical (unpaired) electrons. The van der Waals surface area contributed by atoms with Crippen molar-refractivity contribution in [3.63, 3.8) is 0 Å². The van der Waals surface area contributed by atoms with Crippen molar-refractivity contribution in [2.45, 2.75) is 13.3 Å². The fourth-order valence-electron chi connectivity index (χ4n) is 1.70. The Hall–Kier alpha value is -1.02. The van der Waals surface area contributed by atoms with Gasteiger partial charge in [-0.3, -0.25) is 0 Å². The van der Waals surface area contributed by atoms with Crippen molar-refractivity contribution in [3.8, 4) is 0 Å². The Morgan fingerprint density at radius 1 is 1.19 bits per heavy atom. The monoisotopic (exact) mass is 279 g/mol. The molecule has 2 heteroatoms. The van der Waals surface area contributed by atoms with Crippen LogP contribution in [0.1, 0.15) is 12.5 Å². The molecule has 0 saturated heterocycles. The quantitative estimate of drug-likeness (QED) is 0.818. The molecule has 0 unspecified atom stereocenters. The van der Waals surface area contributed by atoms with E-state index >= 15 is 0 Å². The molecule has 1 aromatic carbocycles. The second-order valence-corrected chi connectivity index (χ2v) is 3.99. The first-order chi connectivity index (χ1) is 7.34. The molecule has 0 aliphatic carbocycles. The number of hydrogen-bond donors (Lipinski definition) is 0. The summed E-state index contributed by atoms with van der Waals surface area (Å²) in [5, 5.41) is 0. The summed E-state index contributed by atoms with van der Waals surface area (Å²) in [6, 6.07) is 10.6. The molecular formula is C14H18BrN. The lowest BCUT2D eigenvalue weighted by Gasteiger charge is -2.21. The smallest absolute Gasteiger partial charge is 0.0359 e. The number of hydrogen-bond acceptors (Lipinski definition) is 1. The van der Waals surface area contributed by atoms with Gasteiger partial charge in [-0.2, -0.15) is 0 Å². The van der Waals surface area contributed by atoms with E-state index in [2.05, 4.69) is 60.5 Å². The molecule has 86 valence electrons. The fraction of sp³-hybridized carbons (Fsp3) is 0.286. The molecule has 16 heavy (non-hydrogen) atoms. The predicted octanol–water partition coefficient (Wildman–Crippen LogP) is 3.58. The topological polar surface area (TPSA) is 3.24 Å². The van der Waals surface area contributed by atoms with Crippen LogP contribution in [0.15, 0.2) is 54.3 Å². The standard InChI is InChI=1S/C14H17N.BrH/c1-13-7-10-15(11-8-13)12-9-14-5-3-2-4-6-14;/h2-8,10H,9,11-12H2,1H3;1H. The Morgan fingerprint density at radius 3 is 2.56 bits per heavy atom. The van der Waals surface area contributed by atoms with Crippen molar-refractivity contribution < 1.29 is 0 Å². The van der Waals surface area contributed by atoms with E-state index < -0.39 is 0 Å². The summed E-state index contributed by atoms with van der Waals surface area (Å²) in [5.74, 6) is 0. The summed E-state index contributed by atoms with van der Waals surface area (Å²) in [6.45, 7) is 4.30. The molecule has 1 aliphatic rings. The molecule has 1 heterocycles. The first-order valence-corrected chi connectivity index (χ1v) is 5.47. The molecule has 0 bridgehead atoms. The minimum Gasteiger partial charge on any atom is -0.373 e. The van der Waals surface area contributed by atoms with Gasteiger partial charge >= 0.3 is 0 Å². The van der Waals surface area contributed by atoms with Gasteiger partial charge in [0.05, 0.1) is 0 Å². The molecule has 0 fully saturated rings. The average Bonchev–Trinajstić information content (AvgIpc) is 2.30. The van der Waals surface area contributed by atoms with Gasteiger partial charge in [0.1, 0.15) is 0 Å². The van der Waals surface area contributed by atoms with Crippen molar-refractivity contribution in [2.75, 3.05) is 13.1 Å². The summed E-state index contributed by atoms with van der Waals surface area (Å²) in [6.07, 6.45) is 7.76. The molecule has 1 aliphatic heterocycles. The normalized spacial score (nSPS) is 14.3. The van der Waals surface area contributed by atoms with Crippen LogP contribution in [0.5, 0.6) is 0 Å². The number of rotatable bonds is 3. The van der Waals surface area contributed by atoms with Crippen LogP contribution in [0, 0.1) is 0 Å². The highest BCUT2D eigenvalue weighted by atomic mass is 79.9. The SMILES string of the molecule is Br.CC1=CCN(CCc2ccccc2)C=C1. The highest BCUT2D eigenvalue weighted by molar-refractivity contribution is 8.93. The number of allylic oxidation sites excluding steroid dienone is 2. The highest BCUT2D eigenvalue weighted by Gasteiger charge is 2.01. The molecule has 1 aromatic rings. The van der Waals surface area contributed by atoms with Crippen LogP contribution < -0.4 is 0 Å². The zero-order valence-corrected chi connectivity index (χ0v) is 11.3. The second kappa shape index (κ2) is 6.54. The number of nitrogens with zero attached hydrogens (tertiary/aromatic N) is 1. The number of halogens is 1. The summed E-state index contributed by atoms with van der Waals surface area (Å²) in [7, 11) is 0. The zero-order chi connectivity index (χ0) is 10.5. The van der Waals surface area contributed by atoms with E-state index in [1.807, 2.05) is 0 Å². The summed E-state index contributed by atoms with van der Waals surface area (Å²) in [4.78, 5) is 2.35. The lowest BCUT2D eigenvalue weighted by Crippen LogP contribution is -2.22. The van der Waals surface area contributed by atoms with Gasteiger partial charge in [0.25, 0.3) is 0 Å². The van der Waals surface area contributed by atoms with E-state index in [0.29, 0.717) is 0 Å². The van der Waals surface area contributed by atoms with Crippen molar-refractivity contribution >= 4 is 17.0 Å². The maximum Gasteiger partial charge on any atom is 0.0359 e. The molecule has 0 amide bonds. The van der Waals surface area contributed by atoms with Crippen LogP contribution in [0.25, 0.3) is 0 Å². The van der Waals surface area contributed by atoms with E-state index in [0.717, 1.165) is 19.5 Å². The van der Waals surface area contributed by atoms with E-state index in [4.69, 9.17) is 0 Å². The number of benzene rings is 1. The van der Waals surface area contributed by atoms with Crippen LogP contribution in [0.2, 0.25) is 0 Å². The Bertz CT molecular complexity index is 368. The van der Waals surface area contributed by atoms with Gasteiger partial charge in [0.15, 0.2) is 0 Å². The maximum atomic E-state index is 2.35. The van der Waals surface area contributed by atoms with E-state index in [-0.39, 0.29) is 17.0 Å². The molecule has 0 atom stereocenters. The molecule has 0 spiro atoms. The average molecular weight is 280 g/mol. The second-order valence-electron chi connectivity index (χ2n) is 3.99. The highest BCUT2D eigenvalue weighted by Crippen LogP contribution is 2.07. The van der Waals surface area contributed by atoms with Gasteiger partial charge in [-0.1, -0.05) is 42.0 Å². The van der Waals surface area contributed by atoms with Gasteiger partial charge in [0, 0.05) is 13.1 Å². The minimum absolute atomic E-state index is 0. The van der Waals surface area contributed by atoms with Gasteiger partial charge in [-0.05, 0) is 31.2 Å². The third-order valence-electron chi connectivity index (χ3n) is 2.73. The third kappa shape index (κ3) is 3.86. The van der Waals surface area contributed by atoms with Gasteiger partial charge in [-0.15, -0.1) is 17.0 Å². The van der Waals surface area contributed by atoms with Crippen LogP contribution in [0.4, 0.5) is 0 Å². The Kier molecular flexibility index (Phi) is 5.33. The van der Waals surface area contributed by atoms with Crippen LogP contribution in [-0.4, -0.2) is 18.0 Å². The van der Waals surface area contributed by atoms with E-state index in [9.17, 15) is 0 Å². The minimum atomic E-state index is 0. The molecule has 0 saturated carbocycles. The van der Waals surface area contributed by atoms with Crippen LogP contribution in [0.3, 0.4) is 0 Å². The Morgan fingerprint density at radius 2 is 1.94 bits per heavy atom. The molecular weight excluding hydrogens is 262 g/mol. The molecule has 2 rings (SSSR count). The van der Waals surface area contributed by atoms with Crippen molar-refractivity contribution in [2.24, 2.45) is 0 Å². The summed E-state index contributed by atoms with van der Waals surface area (Å²) < 4.78 is 0. The van der Waals surface area contributed by atoms with E-state index in [1.54, 1.807) is 0 Å². The third-order valence-corrected chi connectivity index (χ3v) is 2.73. The van der Waals surface area contributed by atoms with Crippen LogP contribution in [-0.2, 0) is 6.42 Å². The van der Waals surface area contributed by atoms with Gasteiger partial charge in [0.2, 0.25) is 0 Å². The fourth-order valence-corrected chi connectivity index (χ4v) is 1.70. The molecule has 1 nitrogen and oxygen atoms in total. The van der Waals surface area contributed by atoms with Crippen molar-refractivity contribution in [3.05, 3.63) is 59.8 Å². The van der Waals surface area contributed by atoms with Crippen molar-refractivity contribution in [1.82, 2.24) is 4.90 Å². The van der Waals surface area contributed by atoms with E-state index in [1.165, 1.54) is 11.1 Å². The van der Waals surface area contributed by atoms with Crippen LogP contribution >= 0.6 is 17.0 Å². The maximum absolute atomic E-state index is 2.35. The largest absolute Gasteiger partial charge is 0.373 e. The zero-order valence-electron chi connectivity index (χ0n) is 9.60. The predicted molar refractivity (Wildman–Crippen MR) is 74.9 cm³/mol. The van der Waals surface area contributed by atoms with Gasteiger partial charge in [-0.25, -0.2) is 0 Å². The lowest BCUT2D eigenvalue weighted by molar-refractivity contribution is 0.414. The first-order valence-electron chi connectivity index (χ1n) is 5.47. The Labute approximate surface area is 108 Å². The van der Waals surface area contributed by atoms with Gasteiger partial charge < -0.3 is 4.90 Å².